The summed E-state index contributed by atoms with van der Waals surface area (Å²) in [7, 11) is 0. The number of carbonyl (C=O) groups is 2. The van der Waals surface area contributed by atoms with Gasteiger partial charge >= 0.3 is 11.9 Å². The normalized spacial score (nSPS) is 16.8. The van der Waals surface area contributed by atoms with Crippen molar-refractivity contribution in [1.82, 2.24) is 0 Å². The van der Waals surface area contributed by atoms with Gasteiger partial charge in [-0.25, -0.2) is 0 Å². The van der Waals surface area contributed by atoms with Gasteiger partial charge in [-0.3, -0.25) is 9.59 Å². The molecule has 2 N–H and O–H groups in total. The van der Waals surface area contributed by atoms with Crippen molar-refractivity contribution in [3.63, 3.8) is 0 Å². The number of aromatic hydroxyl groups is 1. The maximum absolute atomic E-state index is 11.6. The van der Waals surface area contributed by atoms with Gasteiger partial charge in [0.2, 0.25) is 0 Å². The predicted molar refractivity (Wildman–Crippen MR) is 185 cm³/mol. The zero-order valence-corrected chi connectivity index (χ0v) is 28.9. The summed E-state index contributed by atoms with van der Waals surface area (Å²) in [5, 5.41) is 12.4. The van der Waals surface area contributed by atoms with E-state index in [1.807, 2.05) is 64.1 Å². The molecule has 0 aromatic heterocycles. The number of hydrogen-bond acceptors (Lipinski definition) is 6. The number of phenolic OH excluding ortho intramolecular Hbond substituents is 1. The van der Waals surface area contributed by atoms with Crippen LogP contribution in [0.4, 0.5) is 5.69 Å². The monoisotopic (exact) mass is 617 g/mol. The minimum atomic E-state index is -0.393. The maximum atomic E-state index is 11.6. The summed E-state index contributed by atoms with van der Waals surface area (Å²) in [4.78, 5) is 22.9. The van der Waals surface area contributed by atoms with Gasteiger partial charge in [0.15, 0.2) is 0 Å². The number of phenols is 1. The molecule has 0 amide bonds. The topological polar surface area (TPSA) is 84.9 Å². The zero-order chi connectivity index (χ0) is 33.6. The smallest absolute Gasteiger partial charge is 0.314 e. The minimum Gasteiger partial charge on any atom is -0.508 e. The Morgan fingerprint density at radius 1 is 0.867 bits per heavy atom. The van der Waals surface area contributed by atoms with Crippen LogP contribution in [0.1, 0.15) is 122 Å². The number of hydrogen-bond donors (Lipinski definition) is 2. The van der Waals surface area contributed by atoms with Crippen molar-refractivity contribution in [2.75, 3.05) is 11.9 Å². The number of carbonyl (C=O) groups excluding carboxylic acids is 2. The van der Waals surface area contributed by atoms with Crippen molar-refractivity contribution in [2.45, 2.75) is 111 Å². The van der Waals surface area contributed by atoms with E-state index in [2.05, 4.69) is 64.2 Å². The van der Waals surface area contributed by atoms with Crippen LogP contribution < -0.4 is 10.1 Å². The molecule has 4 atom stereocenters. The van der Waals surface area contributed by atoms with Gasteiger partial charge in [-0.15, -0.1) is 0 Å². The summed E-state index contributed by atoms with van der Waals surface area (Å²) in [6.45, 7) is 19.2. The highest BCUT2D eigenvalue weighted by Gasteiger charge is 2.30. The summed E-state index contributed by atoms with van der Waals surface area (Å²) < 4.78 is 10.5. The molecule has 0 spiro atoms. The molecule has 3 aromatic carbocycles. The number of anilines is 1. The molecule has 0 fully saturated rings. The van der Waals surface area contributed by atoms with Crippen molar-refractivity contribution < 1.29 is 24.2 Å². The number of fused-ring (bicyclic) bond motifs is 1. The first-order valence-electron chi connectivity index (χ1n) is 16.4. The van der Waals surface area contributed by atoms with Gasteiger partial charge in [0, 0.05) is 18.7 Å². The third-order valence-electron chi connectivity index (χ3n) is 8.22. The maximum Gasteiger partial charge on any atom is 0.314 e. The van der Waals surface area contributed by atoms with Crippen molar-refractivity contribution in [2.24, 2.45) is 5.92 Å². The van der Waals surface area contributed by atoms with E-state index in [0.717, 1.165) is 42.8 Å². The Labute approximate surface area is 271 Å². The minimum absolute atomic E-state index is 0.0325. The Hall–Kier alpha value is -3.80. The van der Waals surface area contributed by atoms with Crippen molar-refractivity contribution in [3.8, 4) is 11.5 Å². The molecule has 6 nitrogen and oxygen atoms in total. The molecule has 1 aliphatic rings. The fourth-order valence-corrected chi connectivity index (χ4v) is 4.69. The summed E-state index contributed by atoms with van der Waals surface area (Å²) in [6.07, 6.45) is 3.53. The van der Waals surface area contributed by atoms with Gasteiger partial charge in [-0.05, 0) is 105 Å². The predicted octanol–water partition coefficient (Wildman–Crippen LogP) is 9.98. The Kier molecular flexibility index (Phi) is 15.2. The molecule has 6 heteroatoms. The van der Waals surface area contributed by atoms with Crippen LogP contribution in [0.15, 0.2) is 72.8 Å². The molecule has 3 aromatic rings. The van der Waals surface area contributed by atoms with Crippen LogP contribution in [0, 0.1) is 5.92 Å². The lowest BCUT2D eigenvalue weighted by Crippen LogP contribution is -2.27. The Morgan fingerprint density at radius 2 is 1.40 bits per heavy atom. The van der Waals surface area contributed by atoms with Crippen molar-refractivity contribution >= 4 is 17.6 Å². The van der Waals surface area contributed by atoms with Crippen LogP contribution in [0.5, 0.6) is 11.5 Å². The number of nitrogens with one attached hydrogen (secondary N) is 1. The molecular weight excluding hydrogens is 562 g/mol. The van der Waals surface area contributed by atoms with Crippen molar-refractivity contribution in [1.29, 1.82) is 0 Å². The number of rotatable bonds is 9. The number of ether oxygens (including phenoxy) is 2. The van der Waals surface area contributed by atoms with Crippen LogP contribution in [-0.4, -0.2) is 29.2 Å². The highest BCUT2D eigenvalue weighted by atomic mass is 16.6. The SMILES string of the molecule is CC1C(=O)Oc2ccccc2C1C.CCC(C)c1ccc(NCCCC(=O)OC(C)(C)C)cc1.CCC(C)c1ccc(O)cc1. The van der Waals surface area contributed by atoms with E-state index in [4.69, 9.17) is 14.6 Å². The fraction of sp³-hybridized carbons (Fsp3) is 0.487. The van der Waals surface area contributed by atoms with Gasteiger partial charge in [-0.2, -0.15) is 0 Å². The lowest BCUT2D eigenvalue weighted by Gasteiger charge is -2.26. The molecule has 0 radical (unpaired) electrons. The van der Waals surface area contributed by atoms with Crippen LogP contribution in [0.2, 0.25) is 0 Å². The summed E-state index contributed by atoms with van der Waals surface area (Å²) in [5.74, 6) is 2.24. The number of esters is 2. The van der Waals surface area contributed by atoms with E-state index in [-0.39, 0.29) is 23.8 Å². The zero-order valence-electron chi connectivity index (χ0n) is 28.9. The second kappa shape index (κ2) is 18.2. The molecule has 4 rings (SSSR count). The summed E-state index contributed by atoms with van der Waals surface area (Å²) in [5.41, 5.74) is 4.51. The number of benzene rings is 3. The van der Waals surface area contributed by atoms with Crippen LogP contribution >= 0.6 is 0 Å². The Morgan fingerprint density at radius 3 is 1.93 bits per heavy atom. The average molecular weight is 618 g/mol. The Bertz CT molecular complexity index is 1310. The molecular formula is C39H55NO5. The molecule has 45 heavy (non-hydrogen) atoms. The molecule has 246 valence electrons. The first kappa shape index (κ1) is 37.4. The van der Waals surface area contributed by atoms with E-state index in [1.54, 1.807) is 12.1 Å². The first-order chi connectivity index (χ1) is 21.2. The second-order valence-corrected chi connectivity index (χ2v) is 13.0. The first-order valence-corrected chi connectivity index (χ1v) is 16.4. The third kappa shape index (κ3) is 13.0. The van der Waals surface area contributed by atoms with E-state index < -0.39 is 5.60 Å². The van der Waals surface area contributed by atoms with Crippen LogP contribution in [0.25, 0.3) is 0 Å². The lowest BCUT2D eigenvalue weighted by molar-refractivity contribution is -0.154. The summed E-state index contributed by atoms with van der Waals surface area (Å²) >= 11 is 0. The lowest BCUT2D eigenvalue weighted by atomic mass is 9.86. The second-order valence-electron chi connectivity index (χ2n) is 13.0. The molecule has 1 aliphatic heterocycles. The third-order valence-corrected chi connectivity index (χ3v) is 8.22. The van der Waals surface area contributed by atoms with E-state index >= 15 is 0 Å². The standard InChI is InChI=1S/C18H29NO2.C11H12O2.C10H14O/c1-6-14(2)15-9-11-16(12-10-15)19-13-7-8-17(20)21-18(3,4)5;1-7-8(2)11(12)13-10-6-4-3-5-9(7)10;1-3-8(2)9-4-6-10(11)7-5-9/h9-12,14,19H,6-8,13H2,1-5H3;3-8H,1-2H3;4-8,11H,3H2,1-2H3. The largest absolute Gasteiger partial charge is 0.508 e. The van der Waals surface area contributed by atoms with Gasteiger partial charge in [0.25, 0.3) is 0 Å². The average Bonchev–Trinajstić information content (AvgIpc) is 3.02. The Balaban J connectivity index is 0.000000251. The van der Waals surface area contributed by atoms with Crippen LogP contribution in [0.3, 0.4) is 0 Å². The van der Waals surface area contributed by atoms with E-state index in [1.165, 1.54) is 11.1 Å². The van der Waals surface area contributed by atoms with Crippen LogP contribution in [-0.2, 0) is 14.3 Å². The van der Waals surface area contributed by atoms with Gasteiger partial charge < -0.3 is 19.9 Å². The van der Waals surface area contributed by atoms with E-state index in [9.17, 15) is 9.59 Å². The molecule has 0 bridgehead atoms. The van der Waals surface area contributed by atoms with Gasteiger partial charge in [0.1, 0.15) is 17.1 Å². The molecule has 1 heterocycles. The molecule has 4 unspecified atom stereocenters. The van der Waals surface area contributed by atoms with Gasteiger partial charge in [-0.1, -0.05) is 84.0 Å². The summed E-state index contributed by atoms with van der Waals surface area (Å²) in [6, 6.07) is 23.7. The molecule has 0 aliphatic carbocycles. The highest BCUT2D eigenvalue weighted by Crippen LogP contribution is 2.36. The quantitative estimate of drug-likeness (QED) is 0.141. The number of para-hydroxylation sites is 1. The highest BCUT2D eigenvalue weighted by molar-refractivity contribution is 5.78. The van der Waals surface area contributed by atoms with Gasteiger partial charge in [0.05, 0.1) is 5.92 Å². The fourth-order valence-electron chi connectivity index (χ4n) is 4.69. The molecule has 0 saturated carbocycles. The van der Waals surface area contributed by atoms with Crippen molar-refractivity contribution in [3.05, 3.63) is 89.5 Å². The van der Waals surface area contributed by atoms with E-state index in [0.29, 0.717) is 24.0 Å². The molecule has 0 saturated heterocycles.